The van der Waals surface area contributed by atoms with Crippen molar-refractivity contribution >= 4 is 5.97 Å². The van der Waals surface area contributed by atoms with Gasteiger partial charge in [0.25, 0.3) is 0 Å². The Labute approximate surface area is 105 Å². The van der Waals surface area contributed by atoms with E-state index in [-0.39, 0.29) is 12.3 Å². The molecule has 0 saturated heterocycles. The van der Waals surface area contributed by atoms with Gasteiger partial charge in [-0.05, 0) is 41.7 Å². The van der Waals surface area contributed by atoms with Crippen molar-refractivity contribution < 1.29 is 9.90 Å². The first-order chi connectivity index (χ1) is 8.75. The molecule has 1 unspecified atom stereocenters. The summed E-state index contributed by atoms with van der Waals surface area (Å²) in [7, 11) is 0. The first-order valence-corrected chi connectivity index (χ1v) is 5.76. The standard InChI is InChI=1S/C14H14N2O2/c17-14(18)9-13(12-2-1-5-16-10-12)8-11-3-6-15-7-4-11/h1-7,10,13H,8-9H2,(H,17,18). The van der Waals surface area contributed by atoms with E-state index in [2.05, 4.69) is 9.97 Å². The fourth-order valence-corrected chi connectivity index (χ4v) is 1.94. The fraction of sp³-hybridized carbons (Fsp3) is 0.214. The van der Waals surface area contributed by atoms with Crippen LogP contribution in [0.4, 0.5) is 0 Å². The second-order valence-electron chi connectivity index (χ2n) is 4.14. The molecule has 1 atom stereocenters. The molecule has 92 valence electrons. The third kappa shape index (κ3) is 3.38. The average molecular weight is 242 g/mol. The van der Waals surface area contributed by atoms with Gasteiger partial charge in [-0.2, -0.15) is 0 Å². The van der Waals surface area contributed by atoms with E-state index in [1.54, 1.807) is 24.8 Å². The minimum atomic E-state index is -0.794. The van der Waals surface area contributed by atoms with E-state index >= 15 is 0 Å². The van der Waals surface area contributed by atoms with Crippen molar-refractivity contribution in [2.75, 3.05) is 0 Å². The van der Waals surface area contributed by atoms with E-state index in [4.69, 9.17) is 5.11 Å². The van der Waals surface area contributed by atoms with Crippen LogP contribution >= 0.6 is 0 Å². The molecule has 4 heteroatoms. The third-order valence-electron chi connectivity index (χ3n) is 2.81. The monoisotopic (exact) mass is 242 g/mol. The highest BCUT2D eigenvalue weighted by molar-refractivity contribution is 5.68. The second kappa shape index (κ2) is 5.91. The van der Waals surface area contributed by atoms with Crippen LogP contribution in [0.3, 0.4) is 0 Å². The van der Waals surface area contributed by atoms with Crippen LogP contribution in [-0.4, -0.2) is 21.0 Å². The van der Waals surface area contributed by atoms with E-state index in [1.807, 2.05) is 24.3 Å². The molecule has 0 amide bonds. The summed E-state index contributed by atoms with van der Waals surface area (Å²) >= 11 is 0. The number of aromatic nitrogens is 2. The smallest absolute Gasteiger partial charge is 0.303 e. The first kappa shape index (κ1) is 12.2. The summed E-state index contributed by atoms with van der Waals surface area (Å²) < 4.78 is 0. The summed E-state index contributed by atoms with van der Waals surface area (Å²) in [4.78, 5) is 18.9. The summed E-state index contributed by atoms with van der Waals surface area (Å²) in [5.41, 5.74) is 2.04. The van der Waals surface area contributed by atoms with E-state index in [0.717, 1.165) is 11.1 Å². The minimum absolute atomic E-state index is 0.0569. The number of carboxylic acids is 1. The Morgan fingerprint density at radius 3 is 2.56 bits per heavy atom. The summed E-state index contributed by atoms with van der Waals surface area (Å²) in [5, 5.41) is 8.99. The van der Waals surface area contributed by atoms with Crippen LogP contribution in [0.1, 0.15) is 23.5 Å². The lowest BCUT2D eigenvalue weighted by Crippen LogP contribution is -2.09. The fourth-order valence-electron chi connectivity index (χ4n) is 1.94. The van der Waals surface area contributed by atoms with Crippen LogP contribution in [0, 0.1) is 0 Å². The van der Waals surface area contributed by atoms with Gasteiger partial charge >= 0.3 is 5.97 Å². The molecule has 18 heavy (non-hydrogen) atoms. The maximum Gasteiger partial charge on any atom is 0.303 e. The van der Waals surface area contributed by atoms with Crippen LogP contribution in [0.15, 0.2) is 49.1 Å². The van der Waals surface area contributed by atoms with Gasteiger partial charge in [-0.25, -0.2) is 0 Å². The third-order valence-corrected chi connectivity index (χ3v) is 2.81. The molecule has 0 aromatic carbocycles. The molecule has 0 radical (unpaired) electrons. The topological polar surface area (TPSA) is 63.1 Å². The van der Waals surface area contributed by atoms with Crippen LogP contribution in [0.5, 0.6) is 0 Å². The van der Waals surface area contributed by atoms with Crippen LogP contribution in [0.2, 0.25) is 0 Å². The van der Waals surface area contributed by atoms with Crippen molar-refractivity contribution in [2.24, 2.45) is 0 Å². The molecule has 4 nitrogen and oxygen atoms in total. The van der Waals surface area contributed by atoms with Gasteiger partial charge in [0.05, 0.1) is 6.42 Å². The first-order valence-electron chi connectivity index (χ1n) is 5.76. The normalized spacial score (nSPS) is 12.0. The second-order valence-corrected chi connectivity index (χ2v) is 4.14. The van der Waals surface area contributed by atoms with E-state index in [9.17, 15) is 4.79 Å². The highest BCUT2D eigenvalue weighted by Gasteiger charge is 2.16. The van der Waals surface area contributed by atoms with Crippen molar-refractivity contribution in [3.63, 3.8) is 0 Å². The maximum atomic E-state index is 10.9. The number of hydrogen-bond acceptors (Lipinski definition) is 3. The quantitative estimate of drug-likeness (QED) is 0.873. The van der Waals surface area contributed by atoms with Crippen LogP contribution < -0.4 is 0 Å². The van der Waals surface area contributed by atoms with Gasteiger partial charge in [-0.1, -0.05) is 6.07 Å². The Morgan fingerprint density at radius 1 is 1.17 bits per heavy atom. The van der Waals surface area contributed by atoms with Gasteiger partial charge in [0.15, 0.2) is 0 Å². The average Bonchev–Trinajstić information content (AvgIpc) is 2.40. The molecule has 0 bridgehead atoms. The molecule has 2 aromatic rings. The van der Waals surface area contributed by atoms with Crippen molar-refractivity contribution in [2.45, 2.75) is 18.8 Å². The Kier molecular flexibility index (Phi) is 4.02. The molecule has 0 fully saturated rings. The maximum absolute atomic E-state index is 10.9. The van der Waals surface area contributed by atoms with Crippen molar-refractivity contribution in [3.8, 4) is 0 Å². The van der Waals surface area contributed by atoms with Crippen molar-refractivity contribution in [1.29, 1.82) is 0 Å². The van der Waals surface area contributed by atoms with Gasteiger partial charge in [-0.15, -0.1) is 0 Å². The number of nitrogens with zero attached hydrogens (tertiary/aromatic N) is 2. The van der Waals surface area contributed by atoms with Crippen molar-refractivity contribution in [1.82, 2.24) is 9.97 Å². The van der Waals surface area contributed by atoms with E-state index in [0.29, 0.717) is 6.42 Å². The minimum Gasteiger partial charge on any atom is -0.481 e. The van der Waals surface area contributed by atoms with Gasteiger partial charge in [0.2, 0.25) is 0 Å². The summed E-state index contributed by atoms with van der Waals surface area (Å²) in [6, 6.07) is 7.56. The number of carbonyl (C=O) groups is 1. The lowest BCUT2D eigenvalue weighted by Gasteiger charge is -2.14. The van der Waals surface area contributed by atoms with Gasteiger partial charge < -0.3 is 5.11 Å². The van der Waals surface area contributed by atoms with Crippen LogP contribution in [0.25, 0.3) is 0 Å². The predicted octanol–water partition coefficient (Wildman–Crippen LogP) is 2.28. The molecule has 2 rings (SSSR count). The number of hydrogen-bond donors (Lipinski definition) is 1. The van der Waals surface area contributed by atoms with Gasteiger partial charge in [0, 0.05) is 24.8 Å². The molecular formula is C14H14N2O2. The highest BCUT2D eigenvalue weighted by atomic mass is 16.4. The lowest BCUT2D eigenvalue weighted by molar-refractivity contribution is -0.137. The number of rotatable bonds is 5. The van der Waals surface area contributed by atoms with E-state index < -0.39 is 5.97 Å². The van der Waals surface area contributed by atoms with Gasteiger partial charge in [-0.3, -0.25) is 14.8 Å². The van der Waals surface area contributed by atoms with Crippen LogP contribution in [-0.2, 0) is 11.2 Å². The predicted molar refractivity (Wildman–Crippen MR) is 67.2 cm³/mol. The summed E-state index contributed by atoms with van der Waals surface area (Å²) in [5.74, 6) is -0.850. The molecule has 0 aliphatic carbocycles. The highest BCUT2D eigenvalue weighted by Crippen LogP contribution is 2.23. The summed E-state index contributed by atoms with van der Waals surface area (Å²) in [6.45, 7) is 0. The summed E-state index contributed by atoms with van der Waals surface area (Å²) in [6.07, 6.45) is 7.64. The zero-order chi connectivity index (χ0) is 12.8. The molecule has 0 saturated carbocycles. The largest absolute Gasteiger partial charge is 0.481 e. The molecule has 2 aromatic heterocycles. The molecule has 0 spiro atoms. The lowest BCUT2D eigenvalue weighted by atomic mass is 9.91. The molecule has 0 aliphatic heterocycles. The number of carboxylic acid groups (broad SMARTS) is 1. The number of pyridine rings is 2. The van der Waals surface area contributed by atoms with Crippen molar-refractivity contribution in [3.05, 3.63) is 60.2 Å². The number of aliphatic carboxylic acids is 1. The Hall–Kier alpha value is -2.23. The zero-order valence-corrected chi connectivity index (χ0v) is 9.86. The SMILES string of the molecule is O=C(O)CC(Cc1ccncc1)c1cccnc1. The molecule has 1 N–H and O–H groups in total. The van der Waals surface area contributed by atoms with E-state index in [1.165, 1.54) is 0 Å². The Morgan fingerprint density at radius 2 is 1.94 bits per heavy atom. The molecule has 0 aliphatic rings. The molecule has 2 heterocycles. The Bertz CT molecular complexity index is 500. The molecular weight excluding hydrogens is 228 g/mol. The van der Waals surface area contributed by atoms with Gasteiger partial charge in [0.1, 0.15) is 0 Å². The Balaban J connectivity index is 2.18. The zero-order valence-electron chi connectivity index (χ0n) is 9.86.